The molecule has 0 spiro atoms. The fourth-order valence-corrected chi connectivity index (χ4v) is 2.80. The zero-order valence-corrected chi connectivity index (χ0v) is 15.8. The van der Waals surface area contributed by atoms with Crippen LogP contribution in [0.15, 0.2) is 23.3 Å². The van der Waals surface area contributed by atoms with E-state index in [0.29, 0.717) is 5.11 Å². The molecule has 0 bridgehead atoms. The Morgan fingerprint density at radius 1 is 1.25 bits per heavy atom. The average Bonchev–Trinajstić information content (AvgIpc) is 2.60. The predicted molar refractivity (Wildman–Crippen MR) is 103 cm³/mol. The minimum Gasteiger partial charge on any atom is -0.370 e. The van der Waals surface area contributed by atoms with Gasteiger partial charge in [-0.25, -0.2) is 0 Å². The van der Waals surface area contributed by atoms with Crippen molar-refractivity contribution in [3.8, 4) is 0 Å². The van der Waals surface area contributed by atoms with Gasteiger partial charge in [-0.15, -0.1) is 0 Å². The van der Waals surface area contributed by atoms with Gasteiger partial charge in [-0.05, 0) is 55.7 Å². The number of hydrogen-bond donors (Lipinski definition) is 3. The van der Waals surface area contributed by atoms with Gasteiger partial charge in [0.25, 0.3) is 0 Å². The van der Waals surface area contributed by atoms with Gasteiger partial charge in [-0.2, -0.15) is 5.10 Å². The van der Waals surface area contributed by atoms with Crippen molar-refractivity contribution in [1.82, 2.24) is 10.7 Å². The molecule has 1 heterocycles. The molecule has 2 rings (SSSR count). The van der Waals surface area contributed by atoms with Crippen molar-refractivity contribution in [2.24, 2.45) is 5.10 Å². The molecule has 0 radical (unpaired) electrons. The molecule has 1 aromatic carbocycles. The van der Waals surface area contributed by atoms with Crippen molar-refractivity contribution in [2.45, 2.75) is 27.2 Å². The van der Waals surface area contributed by atoms with Gasteiger partial charge in [0.2, 0.25) is 0 Å². The third-order valence-corrected chi connectivity index (χ3v) is 4.68. The average molecular weight is 350 g/mol. The van der Waals surface area contributed by atoms with Crippen LogP contribution in [0.4, 0.5) is 0 Å². The highest BCUT2D eigenvalue weighted by molar-refractivity contribution is 7.80. The highest BCUT2D eigenvalue weighted by atomic mass is 32.1. The van der Waals surface area contributed by atoms with Crippen LogP contribution in [0.5, 0.6) is 0 Å². The summed E-state index contributed by atoms with van der Waals surface area (Å²) in [6, 6.07) is 6.36. The van der Waals surface area contributed by atoms with E-state index < -0.39 is 0 Å². The second kappa shape index (κ2) is 9.71. The lowest BCUT2D eigenvalue weighted by molar-refractivity contribution is -0.908. The van der Waals surface area contributed by atoms with Crippen LogP contribution in [0.3, 0.4) is 0 Å². The maximum Gasteiger partial charge on any atom is 0.186 e. The summed E-state index contributed by atoms with van der Waals surface area (Å²) in [5.41, 5.74) is 7.54. The van der Waals surface area contributed by atoms with Crippen molar-refractivity contribution in [1.29, 1.82) is 0 Å². The van der Waals surface area contributed by atoms with Gasteiger partial charge < -0.3 is 15.0 Å². The normalized spacial score (nSPS) is 16.0. The molecule has 0 aromatic heterocycles. The van der Waals surface area contributed by atoms with Crippen LogP contribution >= 0.6 is 12.2 Å². The first-order valence-corrected chi connectivity index (χ1v) is 9.04. The van der Waals surface area contributed by atoms with Crippen LogP contribution in [-0.2, 0) is 4.74 Å². The topological polar surface area (TPSA) is 50.1 Å². The molecule has 1 aromatic rings. The number of thiocarbonyl (C=S) groups is 1. The second-order valence-corrected chi connectivity index (χ2v) is 6.74. The molecule has 0 unspecified atom stereocenters. The molecule has 5 nitrogen and oxygen atoms in total. The van der Waals surface area contributed by atoms with Gasteiger partial charge in [-0.3, -0.25) is 5.43 Å². The Labute approximate surface area is 150 Å². The third kappa shape index (κ3) is 6.19. The first kappa shape index (κ1) is 18.8. The maximum absolute atomic E-state index is 5.37. The van der Waals surface area contributed by atoms with Gasteiger partial charge in [0.1, 0.15) is 13.1 Å². The molecule has 0 atom stereocenters. The fraction of sp³-hybridized carbons (Fsp3) is 0.556. The molecule has 3 N–H and O–H groups in total. The van der Waals surface area contributed by atoms with Gasteiger partial charge in [0.15, 0.2) is 5.11 Å². The molecule has 0 saturated carbocycles. The second-order valence-electron chi connectivity index (χ2n) is 6.33. The lowest BCUT2D eigenvalue weighted by atomic mass is 10.0. The van der Waals surface area contributed by atoms with Crippen LogP contribution in [0.25, 0.3) is 0 Å². The smallest absolute Gasteiger partial charge is 0.186 e. The lowest BCUT2D eigenvalue weighted by Gasteiger charge is -2.23. The zero-order valence-electron chi connectivity index (χ0n) is 14.9. The maximum atomic E-state index is 5.37. The fourth-order valence-electron chi connectivity index (χ4n) is 2.66. The Hall–Kier alpha value is -1.50. The SMILES string of the molecule is C/C(=N/NC(=S)NCCC[NH+]1CCOCC1)c1ccc(C)c(C)c1. The molecular formula is C18H29N4OS+. The van der Waals surface area contributed by atoms with E-state index in [1.165, 1.54) is 11.1 Å². The highest BCUT2D eigenvalue weighted by Crippen LogP contribution is 2.10. The summed E-state index contributed by atoms with van der Waals surface area (Å²) in [5, 5.41) is 8.17. The molecular weight excluding hydrogens is 320 g/mol. The van der Waals surface area contributed by atoms with E-state index in [4.69, 9.17) is 17.0 Å². The molecule has 0 aliphatic carbocycles. The Morgan fingerprint density at radius 3 is 2.71 bits per heavy atom. The number of nitrogens with zero attached hydrogens (tertiary/aromatic N) is 1. The molecule has 1 aliphatic heterocycles. The first-order valence-electron chi connectivity index (χ1n) is 8.63. The Bertz CT molecular complexity index is 582. The van der Waals surface area contributed by atoms with Crippen molar-refractivity contribution in [3.63, 3.8) is 0 Å². The highest BCUT2D eigenvalue weighted by Gasteiger charge is 2.12. The van der Waals surface area contributed by atoms with E-state index in [1.54, 1.807) is 4.90 Å². The summed E-state index contributed by atoms with van der Waals surface area (Å²) in [4.78, 5) is 1.62. The van der Waals surface area contributed by atoms with Gasteiger partial charge in [-0.1, -0.05) is 12.1 Å². The summed E-state index contributed by atoms with van der Waals surface area (Å²) in [5.74, 6) is 0. The van der Waals surface area contributed by atoms with Gasteiger partial charge in [0, 0.05) is 13.0 Å². The van der Waals surface area contributed by atoms with Crippen LogP contribution in [0.2, 0.25) is 0 Å². The number of rotatable bonds is 6. The number of benzene rings is 1. The summed E-state index contributed by atoms with van der Waals surface area (Å²) < 4.78 is 5.37. The lowest BCUT2D eigenvalue weighted by Crippen LogP contribution is -3.14. The van der Waals surface area contributed by atoms with E-state index in [0.717, 1.165) is 57.1 Å². The summed E-state index contributed by atoms with van der Waals surface area (Å²) in [7, 11) is 0. The third-order valence-electron chi connectivity index (χ3n) is 4.44. The molecule has 1 saturated heterocycles. The van der Waals surface area contributed by atoms with Crippen molar-refractivity contribution < 1.29 is 9.64 Å². The quantitative estimate of drug-likeness (QED) is 0.308. The molecule has 1 fully saturated rings. The Balaban J connectivity index is 1.68. The van der Waals surface area contributed by atoms with E-state index in [9.17, 15) is 0 Å². The molecule has 6 heteroatoms. The number of hydrazone groups is 1. The summed E-state index contributed by atoms with van der Waals surface area (Å²) in [6.45, 7) is 12.2. The van der Waals surface area contributed by atoms with E-state index in [1.807, 2.05) is 6.92 Å². The number of ether oxygens (including phenoxy) is 1. The Morgan fingerprint density at radius 2 is 2.00 bits per heavy atom. The van der Waals surface area contributed by atoms with Gasteiger partial charge >= 0.3 is 0 Å². The minimum absolute atomic E-state index is 0.579. The first-order chi connectivity index (χ1) is 11.6. The van der Waals surface area contributed by atoms with Gasteiger partial charge in [0.05, 0.1) is 25.5 Å². The summed E-state index contributed by atoms with van der Waals surface area (Å²) >= 11 is 5.28. The van der Waals surface area contributed by atoms with Crippen LogP contribution in [-0.4, -0.2) is 50.2 Å². The number of nitrogens with one attached hydrogen (secondary N) is 3. The van der Waals surface area contributed by atoms with Crippen LogP contribution in [0, 0.1) is 13.8 Å². The molecule has 132 valence electrons. The van der Waals surface area contributed by atoms with Crippen molar-refractivity contribution in [3.05, 3.63) is 34.9 Å². The molecule has 24 heavy (non-hydrogen) atoms. The monoisotopic (exact) mass is 349 g/mol. The van der Waals surface area contributed by atoms with E-state index >= 15 is 0 Å². The van der Waals surface area contributed by atoms with E-state index in [-0.39, 0.29) is 0 Å². The van der Waals surface area contributed by atoms with Crippen molar-refractivity contribution >= 4 is 23.0 Å². The molecule has 0 amide bonds. The predicted octanol–water partition coefficient (Wildman–Crippen LogP) is 0.797. The Kier molecular flexibility index (Phi) is 7.62. The number of quaternary nitrogens is 1. The standard InChI is InChI=1S/C18H28N4OS/c1-14-5-6-17(13-15(14)2)16(3)20-21-18(24)19-7-4-8-22-9-11-23-12-10-22/h5-6,13H,4,7-12H2,1-3H3,(H2,19,21,24)/p+1/b20-16-. The number of hydrogen-bond acceptors (Lipinski definition) is 3. The largest absolute Gasteiger partial charge is 0.370 e. The van der Waals surface area contributed by atoms with Crippen LogP contribution in [0.1, 0.15) is 30.0 Å². The number of morpholine rings is 1. The number of aryl methyl sites for hydroxylation is 2. The minimum atomic E-state index is 0.579. The summed E-state index contributed by atoms with van der Waals surface area (Å²) in [6.07, 6.45) is 1.09. The molecule has 1 aliphatic rings. The van der Waals surface area contributed by atoms with Crippen LogP contribution < -0.4 is 15.6 Å². The van der Waals surface area contributed by atoms with Crippen molar-refractivity contribution in [2.75, 3.05) is 39.4 Å². The zero-order chi connectivity index (χ0) is 17.4. The van der Waals surface area contributed by atoms with E-state index in [2.05, 4.69) is 47.9 Å².